The zero-order valence-electron chi connectivity index (χ0n) is 7.60. The monoisotopic (exact) mass is 223 g/mol. The van der Waals surface area contributed by atoms with E-state index in [9.17, 15) is 12.9 Å². The topological polar surface area (TPSA) is 15.8 Å². The van der Waals surface area contributed by atoms with E-state index in [0.29, 0.717) is 5.52 Å². The number of aromatic nitrogens is 1. The van der Waals surface area contributed by atoms with Crippen LogP contribution in [0.4, 0.5) is 12.9 Å². The second-order valence-corrected chi connectivity index (χ2v) is 2.86. The molecule has 14 heavy (non-hydrogen) atoms. The van der Waals surface area contributed by atoms with Crippen LogP contribution in [0, 0.1) is 0 Å². The van der Waals surface area contributed by atoms with Crippen LogP contribution < -0.4 is 56.8 Å². The molecule has 0 aliphatic rings. The van der Waals surface area contributed by atoms with Crippen molar-refractivity contribution >= 4 is 23.3 Å². The van der Waals surface area contributed by atoms with Crippen molar-refractivity contribution in [3.05, 3.63) is 30.5 Å². The maximum absolute atomic E-state index is 12.4. The first kappa shape index (κ1) is 12.3. The van der Waals surface area contributed by atoms with Gasteiger partial charge in [-0.15, -0.1) is 0 Å². The van der Waals surface area contributed by atoms with Gasteiger partial charge in [0.15, 0.2) is 0 Å². The number of hydrogen-bond acceptors (Lipinski definition) is 0. The molecule has 1 aromatic heterocycles. The summed E-state index contributed by atoms with van der Waals surface area (Å²) in [4.78, 5) is 2.74. The van der Waals surface area contributed by atoms with Crippen LogP contribution >= 0.6 is 0 Å². The molecule has 0 aliphatic heterocycles. The molecule has 0 radical (unpaired) electrons. The molecule has 2 aromatic rings. The minimum Gasteiger partial charge on any atom is -0.445 e. The van der Waals surface area contributed by atoms with Gasteiger partial charge < -0.3 is 17.9 Å². The molecule has 0 atom stereocenters. The third-order valence-corrected chi connectivity index (χ3v) is 1.98. The summed E-state index contributed by atoms with van der Waals surface area (Å²) < 4.78 is 37.3. The van der Waals surface area contributed by atoms with Gasteiger partial charge in [0.1, 0.15) is 0 Å². The molecular weight excluding hydrogens is 217 g/mol. The maximum Gasteiger partial charge on any atom is 1.00 e. The van der Waals surface area contributed by atoms with Gasteiger partial charge in [0.05, 0.1) is 0 Å². The minimum absolute atomic E-state index is 0. The summed E-state index contributed by atoms with van der Waals surface area (Å²) in [7, 11) is 0. The summed E-state index contributed by atoms with van der Waals surface area (Å²) in [6.07, 6.45) is 1.51. The molecule has 6 heteroatoms. The van der Waals surface area contributed by atoms with Crippen molar-refractivity contribution in [3.63, 3.8) is 0 Å². The number of hydrogen-bond donors (Lipinski definition) is 1. The predicted octanol–water partition coefficient (Wildman–Crippen LogP) is -0.774. The maximum atomic E-state index is 12.4. The fraction of sp³-hybridized carbons (Fsp3) is 0. The van der Waals surface area contributed by atoms with Gasteiger partial charge in [-0.05, 0) is 17.5 Å². The van der Waals surface area contributed by atoms with Crippen molar-refractivity contribution in [1.82, 2.24) is 4.98 Å². The summed E-state index contributed by atoms with van der Waals surface area (Å²) >= 11 is 0. The molecule has 0 amide bonds. The van der Waals surface area contributed by atoms with Crippen LogP contribution in [0.1, 0.15) is 0 Å². The van der Waals surface area contributed by atoms with Gasteiger partial charge in [0, 0.05) is 11.7 Å². The summed E-state index contributed by atoms with van der Waals surface area (Å²) in [6, 6.07) is 5.58. The van der Waals surface area contributed by atoms with E-state index in [-0.39, 0.29) is 56.8 Å². The molecule has 0 unspecified atom stereocenters. The minimum atomic E-state index is -4.91. The molecule has 1 N–H and O–H groups in total. The molecule has 1 nitrogen and oxygen atoms in total. The Balaban J connectivity index is 0.000000980. The Morgan fingerprint density at radius 3 is 2.43 bits per heavy atom. The van der Waals surface area contributed by atoms with Crippen molar-refractivity contribution in [2.75, 3.05) is 0 Å². The van der Waals surface area contributed by atoms with E-state index >= 15 is 0 Å². The first-order chi connectivity index (χ1) is 6.09. The summed E-state index contributed by atoms with van der Waals surface area (Å²) in [5.41, 5.74) is -0.00421. The smallest absolute Gasteiger partial charge is 0.445 e. The molecule has 0 fully saturated rings. The van der Waals surface area contributed by atoms with Crippen LogP contribution in [0.3, 0.4) is 0 Å². The number of benzene rings is 1. The van der Waals surface area contributed by atoms with Crippen molar-refractivity contribution in [1.29, 1.82) is 0 Å². The molecule has 0 saturated carbocycles. The largest absolute Gasteiger partial charge is 1.00 e. The number of H-pyrrole nitrogens is 1. The average Bonchev–Trinajstić information content (AvgIpc) is 2.48. The van der Waals surface area contributed by atoms with Gasteiger partial charge >= 0.3 is 58.4 Å². The van der Waals surface area contributed by atoms with Crippen LogP contribution in [-0.4, -0.2) is 12.0 Å². The second-order valence-electron chi connectivity index (χ2n) is 2.86. The standard InChI is InChI=1S/C8H6BF3N.K/c10-9(11,12)7-2-1-3-8-6(7)4-5-13-8;/h1-5,13H;/q-1;+1. The Morgan fingerprint density at radius 1 is 1.07 bits per heavy atom. The normalized spacial score (nSPS) is 11.4. The molecular formula is C8H6BF3KN. The van der Waals surface area contributed by atoms with E-state index in [1.165, 1.54) is 18.3 Å². The number of aromatic amines is 1. The zero-order chi connectivity index (χ0) is 9.47. The molecule has 68 valence electrons. The van der Waals surface area contributed by atoms with E-state index in [1.54, 1.807) is 6.07 Å². The molecule has 1 aromatic carbocycles. The van der Waals surface area contributed by atoms with Gasteiger partial charge in [-0.25, -0.2) is 0 Å². The third kappa shape index (κ3) is 2.25. The number of fused-ring (bicyclic) bond motifs is 1. The Labute approximate surface area is 122 Å². The van der Waals surface area contributed by atoms with Gasteiger partial charge in [0.25, 0.3) is 0 Å². The van der Waals surface area contributed by atoms with E-state index in [0.717, 1.165) is 6.07 Å². The van der Waals surface area contributed by atoms with E-state index in [1.807, 2.05) is 0 Å². The Morgan fingerprint density at radius 2 is 1.79 bits per heavy atom. The Hall–Kier alpha value is 0.251. The molecule has 0 bridgehead atoms. The number of nitrogens with one attached hydrogen (secondary N) is 1. The zero-order valence-corrected chi connectivity index (χ0v) is 10.7. The summed E-state index contributed by atoms with van der Waals surface area (Å²) in [5.74, 6) is 0. The van der Waals surface area contributed by atoms with Gasteiger partial charge in [-0.3, -0.25) is 0 Å². The van der Waals surface area contributed by atoms with E-state index in [4.69, 9.17) is 0 Å². The molecule has 1 heterocycles. The van der Waals surface area contributed by atoms with Crippen LogP contribution in [0.2, 0.25) is 0 Å². The quantitative estimate of drug-likeness (QED) is 0.611. The number of rotatable bonds is 1. The van der Waals surface area contributed by atoms with Gasteiger partial charge in [0.2, 0.25) is 0 Å². The number of halogens is 3. The van der Waals surface area contributed by atoms with Gasteiger partial charge in [-0.2, -0.15) is 0 Å². The Bertz CT molecular complexity index is 437. The van der Waals surface area contributed by atoms with Crippen LogP contribution in [0.5, 0.6) is 0 Å². The SMILES string of the molecule is F[B-](F)(F)c1cccc2[nH]ccc12.[K+]. The second kappa shape index (κ2) is 4.40. The van der Waals surface area contributed by atoms with Crippen molar-refractivity contribution in [2.45, 2.75) is 0 Å². The fourth-order valence-electron chi connectivity index (χ4n) is 1.40. The fourth-order valence-corrected chi connectivity index (χ4v) is 1.40. The first-order valence-electron chi connectivity index (χ1n) is 3.85. The average molecular weight is 223 g/mol. The van der Waals surface area contributed by atoms with Gasteiger partial charge in [-0.1, -0.05) is 17.6 Å². The molecule has 0 saturated heterocycles. The summed E-state index contributed by atoms with van der Waals surface area (Å²) in [6.45, 7) is -4.91. The predicted molar refractivity (Wildman–Crippen MR) is 47.0 cm³/mol. The first-order valence-corrected chi connectivity index (χ1v) is 3.85. The molecule has 2 rings (SSSR count). The molecule has 0 spiro atoms. The van der Waals surface area contributed by atoms with Crippen molar-refractivity contribution in [2.24, 2.45) is 0 Å². The van der Waals surface area contributed by atoms with Crippen LogP contribution in [0.25, 0.3) is 10.9 Å². The summed E-state index contributed by atoms with van der Waals surface area (Å²) in [5, 5.41) is 0.245. The van der Waals surface area contributed by atoms with Crippen LogP contribution in [0.15, 0.2) is 30.5 Å². The third-order valence-electron chi connectivity index (χ3n) is 1.98. The van der Waals surface area contributed by atoms with Crippen molar-refractivity contribution in [3.8, 4) is 0 Å². The van der Waals surface area contributed by atoms with Crippen molar-refractivity contribution < 1.29 is 64.3 Å². The van der Waals surface area contributed by atoms with E-state index in [2.05, 4.69) is 4.98 Å². The Kier molecular flexibility index (Phi) is 3.88. The van der Waals surface area contributed by atoms with Crippen LogP contribution in [-0.2, 0) is 0 Å². The molecule has 0 aliphatic carbocycles. The van der Waals surface area contributed by atoms with E-state index < -0.39 is 12.4 Å².